The van der Waals surface area contributed by atoms with Gasteiger partial charge in [-0.25, -0.2) is 0 Å². The zero-order chi connectivity index (χ0) is 17.3. The summed E-state index contributed by atoms with van der Waals surface area (Å²) in [4.78, 5) is 26.6. The minimum absolute atomic E-state index is 0.0783. The molecule has 8 nitrogen and oxygen atoms in total. The second kappa shape index (κ2) is 6.40. The van der Waals surface area contributed by atoms with Crippen LogP contribution in [0.2, 0.25) is 0 Å². The zero-order valence-electron chi connectivity index (χ0n) is 13.4. The summed E-state index contributed by atoms with van der Waals surface area (Å²) in [6.45, 7) is 10.2. The van der Waals surface area contributed by atoms with Crippen molar-refractivity contribution in [3.8, 4) is 5.75 Å². The van der Waals surface area contributed by atoms with E-state index in [2.05, 4.69) is 18.6 Å². The number of rotatable bonds is 5. The molecule has 8 heteroatoms. The highest BCUT2D eigenvalue weighted by atomic mass is 16.7. The molecule has 3 rings (SSSR count). The van der Waals surface area contributed by atoms with E-state index in [1.807, 2.05) is 0 Å². The SMILES string of the molecule is C=C[C@H](C)OC(=C)Oc1c2n(ccc1=O)N[C@@H]1COCCN1C2=O. The first-order valence-corrected chi connectivity index (χ1v) is 7.58. The molecule has 1 amide bonds. The fraction of sp³-hybridized carbons (Fsp3) is 0.375. The second-order valence-corrected chi connectivity index (χ2v) is 5.48. The van der Waals surface area contributed by atoms with Gasteiger partial charge in [-0.15, -0.1) is 0 Å². The predicted molar refractivity (Wildman–Crippen MR) is 86.2 cm³/mol. The number of aromatic nitrogens is 1. The monoisotopic (exact) mass is 333 g/mol. The van der Waals surface area contributed by atoms with Crippen LogP contribution in [0.3, 0.4) is 0 Å². The van der Waals surface area contributed by atoms with Gasteiger partial charge in [-0.2, -0.15) is 0 Å². The van der Waals surface area contributed by atoms with E-state index in [4.69, 9.17) is 14.2 Å². The molecule has 128 valence electrons. The van der Waals surface area contributed by atoms with Crippen molar-refractivity contribution in [2.75, 3.05) is 25.2 Å². The highest BCUT2D eigenvalue weighted by molar-refractivity contribution is 5.96. The summed E-state index contributed by atoms with van der Waals surface area (Å²) < 4.78 is 17.6. The molecule has 2 atom stereocenters. The molecule has 1 aromatic heterocycles. The van der Waals surface area contributed by atoms with Gasteiger partial charge in [0.1, 0.15) is 12.3 Å². The molecule has 0 spiro atoms. The first-order valence-electron chi connectivity index (χ1n) is 7.58. The third-order valence-electron chi connectivity index (χ3n) is 3.80. The van der Waals surface area contributed by atoms with Gasteiger partial charge >= 0.3 is 0 Å². The van der Waals surface area contributed by atoms with Crippen LogP contribution in [0.15, 0.2) is 42.2 Å². The molecule has 0 unspecified atom stereocenters. The van der Waals surface area contributed by atoms with E-state index in [1.54, 1.807) is 17.9 Å². The number of nitrogens with one attached hydrogen (secondary N) is 1. The van der Waals surface area contributed by atoms with Gasteiger partial charge < -0.3 is 24.5 Å². The molecule has 0 aliphatic carbocycles. The smallest absolute Gasteiger partial charge is 0.278 e. The molecule has 1 aromatic rings. The Morgan fingerprint density at radius 1 is 1.54 bits per heavy atom. The molecule has 1 N–H and O–H groups in total. The molecule has 0 saturated carbocycles. The lowest BCUT2D eigenvalue weighted by Crippen LogP contribution is -2.59. The molecule has 1 saturated heterocycles. The quantitative estimate of drug-likeness (QED) is 0.629. The Hall–Kier alpha value is -2.74. The normalized spacial score (nSPS) is 20.3. The van der Waals surface area contributed by atoms with E-state index < -0.39 is 5.43 Å². The summed E-state index contributed by atoms with van der Waals surface area (Å²) in [7, 11) is 0. The highest BCUT2D eigenvalue weighted by Crippen LogP contribution is 2.23. The van der Waals surface area contributed by atoms with Crippen molar-refractivity contribution in [3.63, 3.8) is 0 Å². The molecular formula is C16H19N3O5. The maximum Gasteiger partial charge on any atom is 0.278 e. The number of carbonyl (C=O) groups excluding carboxylic acids is 1. The Morgan fingerprint density at radius 2 is 2.33 bits per heavy atom. The number of pyridine rings is 1. The summed E-state index contributed by atoms with van der Waals surface area (Å²) in [6.07, 6.45) is 2.43. The number of carbonyl (C=O) groups is 1. The summed E-state index contributed by atoms with van der Waals surface area (Å²) in [5.41, 5.74) is 2.79. The molecule has 2 aliphatic rings. The topological polar surface area (TPSA) is 82.0 Å². The van der Waals surface area contributed by atoms with Gasteiger partial charge in [0, 0.05) is 18.8 Å². The Balaban J connectivity index is 1.94. The minimum Gasteiger partial charge on any atom is -0.458 e. The number of ether oxygens (including phenoxy) is 3. The van der Waals surface area contributed by atoms with Crippen LogP contribution in [-0.2, 0) is 9.47 Å². The number of fused-ring (bicyclic) bond motifs is 2. The van der Waals surface area contributed by atoms with Crippen molar-refractivity contribution in [1.29, 1.82) is 0 Å². The Morgan fingerprint density at radius 3 is 3.08 bits per heavy atom. The van der Waals surface area contributed by atoms with Crippen molar-refractivity contribution >= 4 is 5.91 Å². The molecule has 3 heterocycles. The van der Waals surface area contributed by atoms with Crippen molar-refractivity contribution in [2.24, 2.45) is 0 Å². The molecule has 1 fully saturated rings. The Labute approximate surface area is 138 Å². The van der Waals surface area contributed by atoms with Crippen molar-refractivity contribution in [2.45, 2.75) is 19.2 Å². The average molecular weight is 333 g/mol. The summed E-state index contributed by atoms with van der Waals surface area (Å²) in [5.74, 6) is -0.508. The molecule has 0 aromatic carbocycles. The third-order valence-corrected chi connectivity index (χ3v) is 3.80. The first kappa shape index (κ1) is 16.1. The van der Waals surface area contributed by atoms with E-state index in [9.17, 15) is 9.59 Å². The fourth-order valence-corrected chi connectivity index (χ4v) is 2.57. The van der Waals surface area contributed by atoms with Crippen LogP contribution < -0.4 is 15.6 Å². The fourth-order valence-electron chi connectivity index (χ4n) is 2.57. The van der Waals surface area contributed by atoms with Gasteiger partial charge in [-0.05, 0) is 13.5 Å². The zero-order valence-corrected chi connectivity index (χ0v) is 13.4. The predicted octanol–water partition coefficient (Wildman–Crippen LogP) is 0.645. The number of hydrogen-bond donors (Lipinski definition) is 1. The maximum absolute atomic E-state index is 12.8. The minimum atomic E-state index is -0.431. The molecule has 0 bridgehead atoms. The highest BCUT2D eigenvalue weighted by Gasteiger charge is 2.37. The van der Waals surface area contributed by atoms with Crippen LogP contribution in [-0.4, -0.2) is 47.5 Å². The van der Waals surface area contributed by atoms with Crippen LogP contribution in [0, 0.1) is 0 Å². The van der Waals surface area contributed by atoms with Gasteiger partial charge in [0.25, 0.3) is 11.9 Å². The van der Waals surface area contributed by atoms with Gasteiger partial charge in [-0.1, -0.05) is 12.7 Å². The number of nitrogens with zero attached hydrogens (tertiary/aromatic N) is 2. The van der Waals surface area contributed by atoms with Crippen molar-refractivity contribution < 1.29 is 19.0 Å². The van der Waals surface area contributed by atoms with Crippen LogP contribution in [0.5, 0.6) is 5.75 Å². The lowest BCUT2D eigenvalue weighted by atomic mass is 10.2. The number of amides is 1. The molecule has 0 radical (unpaired) electrons. The largest absolute Gasteiger partial charge is 0.458 e. The standard InChI is InChI=1S/C16H19N3O5/c1-4-10(2)23-11(3)24-15-12(20)5-6-19-14(15)16(21)18-7-8-22-9-13(18)17-19/h4-6,10,13,17H,1,3,7-9H2,2H3/t10-,13-/m0/s1. The van der Waals surface area contributed by atoms with Gasteiger partial charge in [0.2, 0.25) is 11.2 Å². The number of morpholine rings is 1. The van der Waals surface area contributed by atoms with E-state index >= 15 is 0 Å². The number of hydrogen-bond acceptors (Lipinski definition) is 6. The van der Waals surface area contributed by atoms with E-state index in [1.165, 1.54) is 16.9 Å². The van der Waals surface area contributed by atoms with Crippen molar-refractivity contribution in [3.05, 3.63) is 53.4 Å². The van der Waals surface area contributed by atoms with Gasteiger partial charge in [0.05, 0.1) is 13.2 Å². The first-order chi connectivity index (χ1) is 11.5. The lowest BCUT2D eigenvalue weighted by Gasteiger charge is -2.41. The van der Waals surface area contributed by atoms with Gasteiger partial charge in [0.15, 0.2) is 5.69 Å². The summed E-state index contributed by atoms with van der Waals surface area (Å²) >= 11 is 0. The maximum atomic E-state index is 12.8. The van der Waals surface area contributed by atoms with E-state index in [0.717, 1.165) is 0 Å². The molecular weight excluding hydrogens is 314 g/mol. The van der Waals surface area contributed by atoms with E-state index in [-0.39, 0.29) is 35.6 Å². The Kier molecular flexibility index (Phi) is 4.30. The summed E-state index contributed by atoms with van der Waals surface area (Å²) in [6, 6.07) is 1.31. The molecule has 2 aliphatic heterocycles. The Bertz CT molecular complexity index is 742. The van der Waals surface area contributed by atoms with E-state index in [0.29, 0.717) is 19.8 Å². The van der Waals surface area contributed by atoms with Gasteiger partial charge in [-0.3, -0.25) is 14.3 Å². The summed E-state index contributed by atoms with van der Waals surface area (Å²) in [5, 5.41) is 0. The van der Waals surface area contributed by atoms with Crippen LogP contribution >= 0.6 is 0 Å². The molecule has 24 heavy (non-hydrogen) atoms. The van der Waals surface area contributed by atoms with Crippen LogP contribution in [0.1, 0.15) is 17.4 Å². The average Bonchev–Trinajstić information content (AvgIpc) is 2.57. The second-order valence-electron chi connectivity index (χ2n) is 5.48. The van der Waals surface area contributed by atoms with Crippen LogP contribution in [0.4, 0.5) is 0 Å². The van der Waals surface area contributed by atoms with Crippen molar-refractivity contribution in [1.82, 2.24) is 9.58 Å². The third kappa shape index (κ3) is 2.88. The lowest BCUT2D eigenvalue weighted by molar-refractivity contribution is -0.00348. The van der Waals surface area contributed by atoms with Crippen LogP contribution in [0.25, 0.3) is 0 Å².